The van der Waals surface area contributed by atoms with Gasteiger partial charge < -0.3 is 19.9 Å². The molecule has 0 aromatic heterocycles. The Morgan fingerprint density at radius 1 is 1.13 bits per heavy atom. The Morgan fingerprint density at radius 3 is 2.39 bits per heavy atom. The second kappa shape index (κ2) is 12.6. The van der Waals surface area contributed by atoms with E-state index < -0.39 is 0 Å². The van der Waals surface area contributed by atoms with Gasteiger partial charge in [0.2, 0.25) is 0 Å². The zero-order chi connectivity index (χ0) is 21.5. The van der Waals surface area contributed by atoms with E-state index in [1.54, 1.807) is 0 Å². The van der Waals surface area contributed by atoms with Gasteiger partial charge in [0.05, 0.1) is 19.6 Å². The number of hydrogen-bond donors (Lipinski definition) is 1. The van der Waals surface area contributed by atoms with Crippen LogP contribution in [0, 0.1) is 11.8 Å². The number of carbonyl (C=O) groups is 1. The Hall–Kier alpha value is -1.39. The summed E-state index contributed by atoms with van der Waals surface area (Å²) >= 11 is 0. The van der Waals surface area contributed by atoms with Crippen LogP contribution >= 0.6 is 24.0 Å². The SMILES string of the molecule is CCNC(=NCc1ccc(CN2CCN(C)CC2)cc1)N1CC(C)C(C(=O)OC)C1.I. The number of likely N-dealkylation sites (N-methyl/N-ethyl adjacent to an activating group) is 1. The van der Waals surface area contributed by atoms with Gasteiger partial charge in [-0.05, 0) is 31.0 Å². The highest BCUT2D eigenvalue weighted by Crippen LogP contribution is 2.24. The van der Waals surface area contributed by atoms with Crippen molar-refractivity contribution < 1.29 is 9.53 Å². The highest BCUT2D eigenvalue weighted by atomic mass is 127. The van der Waals surface area contributed by atoms with Crippen LogP contribution in [-0.2, 0) is 22.6 Å². The number of likely N-dealkylation sites (tertiary alicyclic amines) is 1. The fraction of sp³-hybridized carbons (Fsp3) is 0.652. The molecule has 7 nitrogen and oxygen atoms in total. The van der Waals surface area contributed by atoms with Crippen LogP contribution < -0.4 is 5.32 Å². The summed E-state index contributed by atoms with van der Waals surface area (Å²) in [5.41, 5.74) is 2.55. The molecule has 3 rings (SSSR count). The monoisotopic (exact) mass is 543 g/mol. The third kappa shape index (κ3) is 7.32. The lowest BCUT2D eigenvalue weighted by molar-refractivity contribution is -0.145. The Labute approximate surface area is 204 Å². The Bertz CT molecular complexity index is 719. The number of esters is 1. The molecule has 174 valence electrons. The van der Waals surface area contributed by atoms with E-state index in [2.05, 4.69) is 65.2 Å². The van der Waals surface area contributed by atoms with Crippen molar-refractivity contribution in [2.75, 3.05) is 60.0 Å². The lowest BCUT2D eigenvalue weighted by atomic mass is 9.99. The van der Waals surface area contributed by atoms with Crippen molar-refractivity contribution in [1.29, 1.82) is 0 Å². The minimum Gasteiger partial charge on any atom is -0.469 e. The highest BCUT2D eigenvalue weighted by Gasteiger charge is 2.36. The summed E-state index contributed by atoms with van der Waals surface area (Å²) in [5.74, 6) is 0.914. The lowest BCUT2D eigenvalue weighted by Crippen LogP contribution is -2.43. The van der Waals surface area contributed by atoms with E-state index in [0.717, 1.165) is 51.8 Å². The molecule has 2 atom stereocenters. The molecule has 2 unspecified atom stereocenters. The van der Waals surface area contributed by atoms with Gasteiger partial charge in [0.1, 0.15) is 0 Å². The quantitative estimate of drug-likeness (QED) is 0.257. The second-order valence-electron chi connectivity index (χ2n) is 8.58. The average Bonchev–Trinajstić information content (AvgIpc) is 3.14. The zero-order valence-corrected chi connectivity index (χ0v) is 21.7. The van der Waals surface area contributed by atoms with Crippen molar-refractivity contribution in [3.63, 3.8) is 0 Å². The Kier molecular flexibility index (Phi) is 10.5. The summed E-state index contributed by atoms with van der Waals surface area (Å²) in [4.78, 5) is 23.9. The van der Waals surface area contributed by atoms with Crippen LogP contribution in [0.3, 0.4) is 0 Å². The first kappa shape index (κ1) is 25.9. The second-order valence-corrected chi connectivity index (χ2v) is 8.58. The molecule has 1 aromatic rings. The van der Waals surface area contributed by atoms with Crippen LogP contribution in [0.25, 0.3) is 0 Å². The molecule has 0 spiro atoms. The molecule has 0 saturated carbocycles. The van der Waals surface area contributed by atoms with Crippen LogP contribution in [0.2, 0.25) is 0 Å². The maximum Gasteiger partial charge on any atom is 0.310 e. The largest absolute Gasteiger partial charge is 0.469 e. The molecule has 0 radical (unpaired) electrons. The van der Waals surface area contributed by atoms with Crippen LogP contribution in [0.4, 0.5) is 0 Å². The van der Waals surface area contributed by atoms with E-state index in [-0.39, 0.29) is 41.8 Å². The van der Waals surface area contributed by atoms with E-state index >= 15 is 0 Å². The predicted octanol–water partition coefficient (Wildman–Crippen LogP) is 2.26. The average molecular weight is 543 g/mol. The van der Waals surface area contributed by atoms with Crippen molar-refractivity contribution in [3.8, 4) is 0 Å². The maximum absolute atomic E-state index is 12.0. The molecule has 1 aromatic carbocycles. The number of guanidine groups is 1. The highest BCUT2D eigenvalue weighted by molar-refractivity contribution is 14.0. The summed E-state index contributed by atoms with van der Waals surface area (Å²) in [6.45, 7) is 12.6. The van der Waals surface area contributed by atoms with Crippen LogP contribution in [0.15, 0.2) is 29.3 Å². The van der Waals surface area contributed by atoms with Crippen LogP contribution in [0.5, 0.6) is 0 Å². The number of rotatable bonds is 6. The molecule has 8 heteroatoms. The van der Waals surface area contributed by atoms with E-state index in [4.69, 9.17) is 9.73 Å². The molecule has 31 heavy (non-hydrogen) atoms. The molecule has 2 heterocycles. The number of benzene rings is 1. The van der Waals surface area contributed by atoms with Gasteiger partial charge in [-0.2, -0.15) is 0 Å². The van der Waals surface area contributed by atoms with Crippen molar-refractivity contribution in [1.82, 2.24) is 20.0 Å². The molecule has 1 N–H and O–H groups in total. The van der Waals surface area contributed by atoms with Crippen LogP contribution in [0.1, 0.15) is 25.0 Å². The summed E-state index contributed by atoms with van der Waals surface area (Å²) in [5, 5.41) is 3.38. The first-order valence-electron chi connectivity index (χ1n) is 11.1. The molecule has 2 aliphatic heterocycles. The van der Waals surface area contributed by atoms with Crippen LogP contribution in [-0.4, -0.2) is 86.6 Å². The lowest BCUT2D eigenvalue weighted by Gasteiger charge is -2.32. The number of ether oxygens (including phenoxy) is 1. The van der Waals surface area contributed by atoms with Gasteiger partial charge in [0.25, 0.3) is 0 Å². The van der Waals surface area contributed by atoms with Crippen molar-refractivity contribution in [2.24, 2.45) is 16.8 Å². The van der Waals surface area contributed by atoms with Gasteiger partial charge in [-0.1, -0.05) is 31.2 Å². The number of halogens is 1. The van der Waals surface area contributed by atoms with Gasteiger partial charge in [-0.3, -0.25) is 9.69 Å². The molecule has 0 bridgehead atoms. The molecule has 2 fully saturated rings. The Balaban J connectivity index is 0.00000341. The Morgan fingerprint density at radius 2 is 1.77 bits per heavy atom. The smallest absolute Gasteiger partial charge is 0.310 e. The standard InChI is InChI=1S/C23H37N5O2.HI/c1-5-24-23(28-15-18(2)21(17-28)22(29)30-4)25-14-19-6-8-20(9-7-19)16-27-12-10-26(3)11-13-27;/h6-9,18,21H,5,10-17H2,1-4H3,(H,24,25);1H. The first-order chi connectivity index (χ1) is 14.5. The maximum atomic E-state index is 12.0. The normalized spacial score (nSPS) is 22.8. The van der Waals surface area contributed by atoms with Gasteiger partial charge >= 0.3 is 5.97 Å². The van der Waals surface area contributed by atoms with Gasteiger partial charge in [0, 0.05) is 52.4 Å². The van der Waals surface area contributed by atoms with Gasteiger partial charge in [-0.15, -0.1) is 24.0 Å². The molecule has 0 aliphatic carbocycles. The van der Waals surface area contributed by atoms with E-state index in [0.29, 0.717) is 13.1 Å². The molecule has 0 amide bonds. The molecular weight excluding hydrogens is 505 g/mol. The van der Waals surface area contributed by atoms with E-state index in [9.17, 15) is 4.79 Å². The fourth-order valence-electron chi connectivity index (χ4n) is 4.20. The number of aliphatic imine (C=N–C) groups is 1. The van der Waals surface area contributed by atoms with Crippen molar-refractivity contribution in [2.45, 2.75) is 26.9 Å². The summed E-state index contributed by atoms with van der Waals surface area (Å²) in [6.07, 6.45) is 0. The van der Waals surface area contributed by atoms with E-state index in [1.165, 1.54) is 18.2 Å². The summed E-state index contributed by atoms with van der Waals surface area (Å²) in [6, 6.07) is 8.81. The van der Waals surface area contributed by atoms with E-state index in [1.807, 2.05) is 0 Å². The number of hydrogen-bond acceptors (Lipinski definition) is 5. The minimum atomic E-state index is -0.128. The number of nitrogens with one attached hydrogen (secondary N) is 1. The number of carbonyl (C=O) groups excluding carboxylic acids is 1. The first-order valence-corrected chi connectivity index (χ1v) is 11.1. The fourth-order valence-corrected chi connectivity index (χ4v) is 4.20. The van der Waals surface area contributed by atoms with Gasteiger partial charge in [0.15, 0.2) is 5.96 Å². The number of methoxy groups -OCH3 is 1. The molecule has 2 saturated heterocycles. The van der Waals surface area contributed by atoms with Gasteiger partial charge in [-0.25, -0.2) is 4.99 Å². The summed E-state index contributed by atoms with van der Waals surface area (Å²) in [7, 11) is 3.65. The molecular formula is C23H38IN5O2. The van der Waals surface area contributed by atoms with Crippen molar-refractivity contribution in [3.05, 3.63) is 35.4 Å². The third-order valence-electron chi connectivity index (χ3n) is 6.19. The predicted molar refractivity (Wildman–Crippen MR) is 136 cm³/mol. The molecule has 2 aliphatic rings. The van der Waals surface area contributed by atoms with Crippen molar-refractivity contribution >= 4 is 35.9 Å². The topological polar surface area (TPSA) is 60.4 Å². The summed E-state index contributed by atoms with van der Waals surface area (Å²) < 4.78 is 4.96. The zero-order valence-electron chi connectivity index (χ0n) is 19.3. The minimum absolute atomic E-state index is 0. The third-order valence-corrected chi connectivity index (χ3v) is 6.19. The number of piperazine rings is 1. The number of nitrogens with zero attached hydrogens (tertiary/aromatic N) is 4.